The minimum atomic E-state index is 0.649. The molecule has 0 aromatic heterocycles. The third-order valence-electron chi connectivity index (χ3n) is 12.4. The van der Waals surface area contributed by atoms with Gasteiger partial charge in [-0.15, -0.1) is 0 Å². The Morgan fingerprint density at radius 2 is 0.393 bits per heavy atom. The van der Waals surface area contributed by atoms with E-state index in [0.717, 1.165) is 55.1 Å². The van der Waals surface area contributed by atoms with Crippen molar-refractivity contribution in [2.24, 2.45) is 0 Å². The molecular formula is C56H106O5. The van der Waals surface area contributed by atoms with Gasteiger partial charge in [0.15, 0.2) is 11.5 Å². The van der Waals surface area contributed by atoms with Crippen LogP contribution in [-0.4, -0.2) is 33.0 Å². The summed E-state index contributed by atoms with van der Waals surface area (Å²) >= 11 is 0. The number of rotatable bonds is 50. The van der Waals surface area contributed by atoms with Gasteiger partial charge in [-0.05, 0) is 32.1 Å². The van der Waals surface area contributed by atoms with E-state index in [4.69, 9.17) is 23.7 Å². The molecule has 0 saturated heterocycles. The molecule has 0 unspecified atom stereocenters. The molecule has 0 aliphatic carbocycles. The standard InChI is InChI=1S/C56H106O5/c1-6-11-16-21-26-31-36-41-46-57-52-51-53(58-47-42-37-32-27-22-17-12-7-2)55(60-49-44-39-34-29-24-19-14-9-4)56(61-50-45-40-35-30-25-20-15-10-5)54(52)59-48-43-38-33-28-23-18-13-8-3/h51H,6-50H2,1-5H3. The number of hydrogen-bond acceptors (Lipinski definition) is 5. The zero-order chi connectivity index (χ0) is 43.9. The highest BCUT2D eigenvalue weighted by Crippen LogP contribution is 2.51. The zero-order valence-electron chi connectivity index (χ0n) is 41.9. The zero-order valence-corrected chi connectivity index (χ0v) is 41.9. The van der Waals surface area contributed by atoms with E-state index in [2.05, 4.69) is 40.7 Å². The largest absolute Gasteiger partial charge is 0.489 e. The van der Waals surface area contributed by atoms with E-state index in [1.54, 1.807) is 0 Å². The van der Waals surface area contributed by atoms with Crippen molar-refractivity contribution in [3.8, 4) is 28.7 Å². The molecule has 0 aliphatic heterocycles. The highest BCUT2D eigenvalue weighted by molar-refractivity contribution is 5.65. The summed E-state index contributed by atoms with van der Waals surface area (Å²) in [6, 6.07) is 2.09. The van der Waals surface area contributed by atoms with Crippen LogP contribution in [0.25, 0.3) is 0 Å². The molecule has 61 heavy (non-hydrogen) atoms. The molecule has 1 aromatic carbocycles. The Hall–Kier alpha value is -1.78. The summed E-state index contributed by atoms with van der Waals surface area (Å²) in [6.07, 6.45) is 51.0. The molecule has 0 spiro atoms. The second-order valence-electron chi connectivity index (χ2n) is 18.5. The maximum Gasteiger partial charge on any atom is 0.211 e. The molecular weight excluding hydrogens is 753 g/mol. The van der Waals surface area contributed by atoms with Crippen LogP contribution >= 0.6 is 0 Å². The van der Waals surface area contributed by atoms with Crippen LogP contribution in [0.4, 0.5) is 0 Å². The van der Waals surface area contributed by atoms with Gasteiger partial charge in [-0.3, -0.25) is 0 Å². The molecule has 0 N–H and O–H groups in total. The first-order valence-corrected chi connectivity index (χ1v) is 27.6. The summed E-state index contributed by atoms with van der Waals surface area (Å²) in [5.74, 6) is 3.69. The van der Waals surface area contributed by atoms with Crippen molar-refractivity contribution in [2.45, 2.75) is 291 Å². The Morgan fingerprint density at radius 1 is 0.213 bits per heavy atom. The second-order valence-corrected chi connectivity index (χ2v) is 18.5. The van der Waals surface area contributed by atoms with Crippen LogP contribution in [0.15, 0.2) is 6.07 Å². The van der Waals surface area contributed by atoms with Gasteiger partial charge in [0.25, 0.3) is 0 Å². The normalized spacial score (nSPS) is 11.4. The molecule has 0 fully saturated rings. The molecule has 0 saturated carbocycles. The van der Waals surface area contributed by atoms with Crippen molar-refractivity contribution in [2.75, 3.05) is 33.0 Å². The summed E-state index contributed by atoms with van der Waals surface area (Å²) < 4.78 is 33.8. The van der Waals surface area contributed by atoms with Crippen LogP contribution in [0, 0.1) is 0 Å². The van der Waals surface area contributed by atoms with Crippen molar-refractivity contribution in [3.05, 3.63) is 6.07 Å². The molecule has 0 heterocycles. The van der Waals surface area contributed by atoms with Crippen molar-refractivity contribution < 1.29 is 23.7 Å². The van der Waals surface area contributed by atoms with E-state index in [1.807, 2.05) is 0 Å². The molecule has 0 atom stereocenters. The number of benzene rings is 1. The van der Waals surface area contributed by atoms with Crippen LogP contribution in [0.1, 0.15) is 291 Å². The lowest BCUT2D eigenvalue weighted by Gasteiger charge is -2.23. The third-order valence-corrected chi connectivity index (χ3v) is 12.4. The van der Waals surface area contributed by atoms with Crippen LogP contribution in [-0.2, 0) is 0 Å². The maximum absolute atomic E-state index is 6.83. The Labute approximate surface area is 381 Å². The van der Waals surface area contributed by atoms with Gasteiger partial charge in [0.2, 0.25) is 17.2 Å². The Bertz CT molecular complexity index is 960. The predicted molar refractivity (Wildman–Crippen MR) is 267 cm³/mol. The molecule has 5 nitrogen and oxygen atoms in total. The van der Waals surface area contributed by atoms with Crippen molar-refractivity contribution in [3.63, 3.8) is 0 Å². The molecule has 0 amide bonds. The van der Waals surface area contributed by atoms with E-state index in [1.165, 1.54) is 225 Å². The van der Waals surface area contributed by atoms with Gasteiger partial charge >= 0.3 is 0 Å². The quantitative estimate of drug-likeness (QED) is 0.0611. The van der Waals surface area contributed by atoms with Gasteiger partial charge in [-0.1, -0.05) is 259 Å². The molecule has 1 rings (SSSR count). The molecule has 0 aliphatic rings. The molecule has 360 valence electrons. The number of unbranched alkanes of at least 4 members (excludes halogenated alkanes) is 35. The summed E-state index contributed by atoms with van der Waals surface area (Å²) in [4.78, 5) is 0. The van der Waals surface area contributed by atoms with Gasteiger partial charge in [0, 0.05) is 6.07 Å². The first-order chi connectivity index (χ1) is 30.2. The summed E-state index contributed by atoms with van der Waals surface area (Å²) in [7, 11) is 0. The fourth-order valence-electron chi connectivity index (χ4n) is 8.26. The van der Waals surface area contributed by atoms with Crippen LogP contribution in [0.3, 0.4) is 0 Å². The SMILES string of the molecule is CCCCCCCCCCOc1cc(OCCCCCCCCCC)c(OCCCCCCCCCC)c(OCCCCCCCCCC)c1OCCCCCCCCCC. The van der Waals surface area contributed by atoms with Gasteiger partial charge in [-0.25, -0.2) is 0 Å². The first-order valence-electron chi connectivity index (χ1n) is 27.6. The summed E-state index contributed by atoms with van der Waals surface area (Å²) in [5, 5.41) is 0. The average Bonchev–Trinajstić information content (AvgIpc) is 3.27. The Balaban J connectivity index is 3.27. The van der Waals surface area contributed by atoms with E-state index < -0.39 is 0 Å². The Morgan fingerprint density at radius 3 is 0.623 bits per heavy atom. The van der Waals surface area contributed by atoms with E-state index in [-0.39, 0.29) is 0 Å². The van der Waals surface area contributed by atoms with Gasteiger partial charge in [-0.2, -0.15) is 0 Å². The second kappa shape index (κ2) is 46.2. The lowest BCUT2D eigenvalue weighted by Crippen LogP contribution is -2.10. The first kappa shape index (κ1) is 57.2. The molecule has 0 bridgehead atoms. The minimum absolute atomic E-state index is 0.649. The summed E-state index contributed by atoms with van der Waals surface area (Å²) in [5.41, 5.74) is 0. The van der Waals surface area contributed by atoms with E-state index in [9.17, 15) is 0 Å². The topological polar surface area (TPSA) is 46.2 Å². The van der Waals surface area contributed by atoms with Crippen LogP contribution in [0.2, 0.25) is 0 Å². The molecule has 1 aromatic rings. The lowest BCUT2D eigenvalue weighted by atomic mass is 10.1. The fraction of sp³-hybridized carbons (Fsp3) is 0.893. The third kappa shape index (κ3) is 34.3. The molecule has 0 radical (unpaired) electrons. The van der Waals surface area contributed by atoms with Crippen LogP contribution < -0.4 is 23.7 Å². The van der Waals surface area contributed by atoms with Gasteiger partial charge in [0.1, 0.15) is 0 Å². The predicted octanol–water partition coefficient (Wildman–Crippen LogP) is 19.3. The smallest absolute Gasteiger partial charge is 0.211 e. The van der Waals surface area contributed by atoms with Crippen molar-refractivity contribution in [1.82, 2.24) is 0 Å². The van der Waals surface area contributed by atoms with E-state index >= 15 is 0 Å². The number of ether oxygens (including phenoxy) is 5. The highest BCUT2D eigenvalue weighted by atomic mass is 16.6. The average molecular weight is 859 g/mol. The summed E-state index contributed by atoms with van der Waals surface area (Å²) in [6.45, 7) is 14.8. The lowest BCUT2D eigenvalue weighted by molar-refractivity contribution is 0.207. The maximum atomic E-state index is 6.83. The Kier molecular flexibility index (Phi) is 43.4. The number of hydrogen-bond donors (Lipinski definition) is 0. The van der Waals surface area contributed by atoms with Crippen LogP contribution in [0.5, 0.6) is 28.7 Å². The van der Waals surface area contributed by atoms with Crippen molar-refractivity contribution in [1.29, 1.82) is 0 Å². The fourth-order valence-corrected chi connectivity index (χ4v) is 8.26. The molecule has 5 heteroatoms. The monoisotopic (exact) mass is 859 g/mol. The highest BCUT2D eigenvalue weighted by Gasteiger charge is 2.25. The van der Waals surface area contributed by atoms with Crippen molar-refractivity contribution >= 4 is 0 Å². The van der Waals surface area contributed by atoms with Gasteiger partial charge < -0.3 is 23.7 Å². The van der Waals surface area contributed by atoms with E-state index in [0.29, 0.717) is 38.8 Å². The van der Waals surface area contributed by atoms with Gasteiger partial charge in [0.05, 0.1) is 33.0 Å². The minimum Gasteiger partial charge on any atom is -0.489 e.